The number of carbonyl (C=O) groups excluding carboxylic acids is 3. The van der Waals surface area contributed by atoms with Gasteiger partial charge in [-0.2, -0.15) is 0 Å². The van der Waals surface area contributed by atoms with Crippen molar-refractivity contribution in [3.63, 3.8) is 0 Å². The van der Waals surface area contributed by atoms with Crippen molar-refractivity contribution in [1.29, 1.82) is 0 Å². The zero-order valence-corrected chi connectivity index (χ0v) is 23.6. The monoisotopic (exact) mass is 527 g/mol. The minimum atomic E-state index is -1.30. The van der Waals surface area contributed by atoms with E-state index in [1.807, 2.05) is 45.9 Å². The van der Waals surface area contributed by atoms with Gasteiger partial charge in [0.05, 0.1) is 13.7 Å². The second kappa shape index (κ2) is 13.3. The summed E-state index contributed by atoms with van der Waals surface area (Å²) in [6.45, 7) is 12.0. The van der Waals surface area contributed by atoms with Crippen LogP contribution in [0.3, 0.4) is 0 Å². The number of aryl methyl sites for hydroxylation is 2. The van der Waals surface area contributed by atoms with Gasteiger partial charge < -0.3 is 30.1 Å². The fraction of sp³-hybridized carbons (Fsp3) is 0.483. The summed E-state index contributed by atoms with van der Waals surface area (Å²) in [5, 5.41) is 15.5. The van der Waals surface area contributed by atoms with Crippen molar-refractivity contribution in [3.05, 3.63) is 59.2 Å². The average molecular weight is 528 g/mol. The maximum atomic E-state index is 13.9. The molecule has 9 nitrogen and oxygen atoms in total. The summed E-state index contributed by atoms with van der Waals surface area (Å²) in [7, 11) is 1.56. The molecule has 0 aromatic heterocycles. The SMILES string of the molecule is CCC(C)N(C(=O)C(CO)NC(=O)OC(C)(C)C)C(C(=O)Nc1ccc(OC)cc1)c1ccc(C)cc1C. The second-order valence-corrected chi connectivity index (χ2v) is 10.4. The summed E-state index contributed by atoms with van der Waals surface area (Å²) < 4.78 is 10.5. The molecule has 2 rings (SSSR count). The Morgan fingerprint density at radius 2 is 1.68 bits per heavy atom. The normalized spacial score (nSPS) is 13.6. The van der Waals surface area contributed by atoms with Crippen molar-refractivity contribution in [2.75, 3.05) is 19.0 Å². The lowest BCUT2D eigenvalue weighted by atomic mass is 9.95. The van der Waals surface area contributed by atoms with Gasteiger partial charge in [-0.05, 0) is 83.4 Å². The van der Waals surface area contributed by atoms with Crippen molar-refractivity contribution in [1.82, 2.24) is 10.2 Å². The first-order chi connectivity index (χ1) is 17.8. The number of nitrogens with zero attached hydrogens (tertiary/aromatic N) is 1. The summed E-state index contributed by atoms with van der Waals surface area (Å²) >= 11 is 0. The Bertz CT molecular complexity index is 1110. The van der Waals surface area contributed by atoms with Gasteiger partial charge >= 0.3 is 6.09 Å². The van der Waals surface area contributed by atoms with Gasteiger partial charge in [0.2, 0.25) is 5.91 Å². The van der Waals surface area contributed by atoms with E-state index in [1.54, 1.807) is 52.1 Å². The largest absolute Gasteiger partial charge is 0.497 e. The number of nitrogens with one attached hydrogen (secondary N) is 2. The molecule has 2 aromatic carbocycles. The lowest BCUT2D eigenvalue weighted by molar-refractivity contribution is -0.144. The van der Waals surface area contributed by atoms with E-state index >= 15 is 0 Å². The minimum Gasteiger partial charge on any atom is -0.497 e. The van der Waals surface area contributed by atoms with Crippen LogP contribution in [-0.2, 0) is 14.3 Å². The highest BCUT2D eigenvalue weighted by Crippen LogP contribution is 2.30. The molecule has 0 aliphatic rings. The average Bonchev–Trinajstić information content (AvgIpc) is 2.84. The number of aliphatic hydroxyl groups is 1. The van der Waals surface area contributed by atoms with Gasteiger partial charge in [-0.15, -0.1) is 0 Å². The van der Waals surface area contributed by atoms with Crippen LogP contribution in [0, 0.1) is 13.8 Å². The summed E-state index contributed by atoms with van der Waals surface area (Å²) in [4.78, 5) is 41.7. The number of methoxy groups -OCH3 is 1. The van der Waals surface area contributed by atoms with E-state index in [1.165, 1.54) is 4.90 Å². The van der Waals surface area contributed by atoms with E-state index in [9.17, 15) is 19.5 Å². The number of aliphatic hydroxyl groups excluding tert-OH is 1. The maximum absolute atomic E-state index is 13.9. The molecule has 0 fully saturated rings. The van der Waals surface area contributed by atoms with Gasteiger partial charge in [0.15, 0.2) is 0 Å². The number of ether oxygens (including phenoxy) is 2. The van der Waals surface area contributed by atoms with Crippen molar-refractivity contribution < 1.29 is 29.0 Å². The molecule has 0 heterocycles. The fourth-order valence-electron chi connectivity index (χ4n) is 4.05. The Hall–Kier alpha value is -3.59. The van der Waals surface area contributed by atoms with Crippen molar-refractivity contribution in [2.24, 2.45) is 0 Å². The van der Waals surface area contributed by atoms with Gasteiger partial charge in [0.25, 0.3) is 5.91 Å². The smallest absolute Gasteiger partial charge is 0.408 e. The lowest BCUT2D eigenvalue weighted by Gasteiger charge is -2.38. The van der Waals surface area contributed by atoms with E-state index < -0.39 is 48.2 Å². The molecule has 2 aromatic rings. The highest BCUT2D eigenvalue weighted by molar-refractivity contribution is 5.99. The summed E-state index contributed by atoms with van der Waals surface area (Å²) in [6.07, 6.45) is -0.298. The van der Waals surface area contributed by atoms with Crippen LogP contribution in [0.25, 0.3) is 0 Å². The van der Waals surface area contributed by atoms with Crippen LogP contribution >= 0.6 is 0 Å². The molecule has 0 saturated heterocycles. The van der Waals surface area contributed by atoms with E-state index in [2.05, 4.69) is 10.6 Å². The number of anilines is 1. The third kappa shape index (κ3) is 8.21. The molecule has 0 saturated carbocycles. The number of rotatable bonds is 10. The molecule has 3 atom stereocenters. The topological polar surface area (TPSA) is 117 Å². The predicted molar refractivity (Wildman–Crippen MR) is 147 cm³/mol. The third-order valence-electron chi connectivity index (χ3n) is 6.10. The van der Waals surface area contributed by atoms with Crippen LogP contribution in [0.2, 0.25) is 0 Å². The maximum Gasteiger partial charge on any atom is 0.408 e. The number of benzene rings is 2. The van der Waals surface area contributed by atoms with Gasteiger partial charge in [-0.3, -0.25) is 9.59 Å². The molecule has 38 heavy (non-hydrogen) atoms. The minimum absolute atomic E-state index is 0.399. The Morgan fingerprint density at radius 1 is 1.05 bits per heavy atom. The molecular weight excluding hydrogens is 486 g/mol. The molecule has 9 heteroatoms. The van der Waals surface area contributed by atoms with Gasteiger partial charge in [0, 0.05) is 11.7 Å². The molecule has 0 aliphatic heterocycles. The Balaban J connectivity index is 2.54. The van der Waals surface area contributed by atoms with Crippen molar-refractivity contribution in [3.8, 4) is 5.75 Å². The van der Waals surface area contributed by atoms with Gasteiger partial charge in [0.1, 0.15) is 23.4 Å². The zero-order chi connectivity index (χ0) is 28.6. The fourth-order valence-corrected chi connectivity index (χ4v) is 4.05. The number of carbonyl (C=O) groups is 3. The number of alkyl carbamates (subject to hydrolysis) is 1. The van der Waals surface area contributed by atoms with Crippen LogP contribution in [0.15, 0.2) is 42.5 Å². The first-order valence-electron chi connectivity index (χ1n) is 12.8. The van der Waals surface area contributed by atoms with Crippen LogP contribution in [0.4, 0.5) is 10.5 Å². The quantitative estimate of drug-likeness (QED) is 0.419. The van der Waals surface area contributed by atoms with Gasteiger partial charge in [-0.25, -0.2) is 4.79 Å². The number of hydrogen-bond donors (Lipinski definition) is 3. The molecule has 3 amide bonds. The predicted octanol–water partition coefficient (Wildman–Crippen LogP) is 4.50. The van der Waals surface area contributed by atoms with Crippen LogP contribution in [-0.4, -0.2) is 59.3 Å². The summed E-state index contributed by atoms with van der Waals surface area (Å²) in [6, 6.07) is 9.82. The lowest BCUT2D eigenvalue weighted by Crippen LogP contribution is -2.56. The molecule has 3 N–H and O–H groups in total. The highest BCUT2D eigenvalue weighted by atomic mass is 16.6. The zero-order valence-electron chi connectivity index (χ0n) is 23.6. The van der Waals surface area contributed by atoms with E-state index in [0.29, 0.717) is 23.4 Å². The van der Waals surface area contributed by atoms with Crippen molar-refractivity contribution in [2.45, 2.75) is 78.6 Å². The van der Waals surface area contributed by atoms with E-state index in [-0.39, 0.29) is 0 Å². The number of amides is 3. The first kappa shape index (κ1) is 30.6. The number of hydrogen-bond acceptors (Lipinski definition) is 6. The Morgan fingerprint density at radius 3 is 2.18 bits per heavy atom. The molecular formula is C29H41N3O6. The van der Waals surface area contributed by atoms with E-state index in [4.69, 9.17) is 9.47 Å². The standard InChI is InChI=1S/C29H41N3O6/c1-9-20(4)32(27(35)24(17-33)31-28(36)38-29(5,6)7)25(23-15-10-18(2)16-19(23)3)26(34)30-21-11-13-22(37-8)14-12-21/h10-16,20,24-25,33H,9,17H2,1-8H3,(H,30,34)(H,31,36). The molecule has 0 bridgehead atoms. The van der Waals surface area contributed by atoms with Crippen LogP contribution in [0.1, 0.15) is 63.8 Å². The van der Waals surface area contributed by atoms with E-state index in [0.717, 1.165) is 11.1 Å². The molecule has 0 radical (unpaired) electrons. The summed E-state index contributed by atoms with van der Waals surface area (Å²) in [5.74, 6) is -0.378. The summed E-state index contributed by atoms with van der Waals surface area (Å²) in [5.41, 5.74) is 2.24. The Kier molecular flexibility index (Phi) is 10.7. The van der Waals surface area contributed by atoms with Crippen LogP contribution in [0.5, 0.6) is 5.75 Å². The Labute approximate surface area is 225 Å². The third-order valence-corrected chi connectivity index (χ3v) is 6.10. The molecule has 0 aliphatic carbocycles. The highest BCUT2D eigenvalue weighted by Gasteiger charge is 2.39. The first-order valence-corrected chi connectivity index (χ1v) is 12.8. The molecule has 208 valence electrons. The van der Waals surface area contributed by atoms with Crippen molar-refractivity contribution >= 4 is 23.6 Å². The molecule has 3 unspecified atom stereocenters. The second-order valence-electron chi connectivity index (χ2n) is 10.4. The molecule has 0 spiro atoms. The van der Waals surface area contributed by atoms with Gasteiger partial charge in [-0.1, -0.05) is 30.7 Å². The van der Waals surface area contributed by atoms with Crippen LogP contribution < -0.4 is 15.4 Å².